The Hall–Kier alpha value is -3.45. The number of hydrogen-bond acceptors (Lipinski definition) is 7. The number of nitriles is 1. The van der Waals surface area contributed by atoms with Crippen molar-refractivity contribution in [2.75, 3.05) is 19.0 Å². The smallest absolute Gasteiger partial charge is 0.361 e. The zero-order valence-electron chi connectivity index (χ0n) is 19.5. The first-order valence-electron chi connectivity index (χ1n) is 10.8. The van der Waals surface area contributed by atoms with Gasteiger partial charge in [0.1, 0.15) is 5.82 Å². The predicted octanol–water partition coefficient (Wildman–Crippen LogP) is 3.36. The molecule has 9 nitrogen and oxygen atoms in total. The molecular formula is C24H26BrN5O4. The molecular weight excluding hydrogens is 502 g/mol. The molecule has 2 atom stereocenters. The Kier molecular flexibility index (Phi) is 8.23. The fourth-order valence-corrected chi connectivity index (χ4v) is 4.40. The molecule has 0 saturated carbocycles. The quantitative estimate of drug-likeness (QED) is 0.309. The molecule has 3 aromatic rings. The monoisotopic (exact) mass is 527 g/mol. The molecule has 34 heavy (non-hydrogen) atoms. The summed E-state index contributed by atoms with van der Waals surface area (Å²) in [6, 6.07) is 9.56. The molecule has 0 fully saturated rings. The standard InChI is InChI=1S/C24H26BrN5O4/c1-5-34-24(32)20-21(33-4)23(31)29(3)22(28-20)15(2)19(17-13-27-30(14-17)11-10-25)18-9-7-6-8-16(18)12-26/h6-9,13-15,19H,5,10-11H2,1-4H3. The topological polar surface area (TPSA) is 112 Å². The molecule has 10 heteroatoms. The second-order valence-corrected chi connectivity index (χ2v) is 8.42. The second kappa shape index (κ2) is 11.1. The van der Waals surface area contributed by atoms with Crippen LogP contribution in [0.1, 0.15) is 58.7 Å². The van der Waals surface area contributed by atoms with Crippen LogP contribution in [0.4, 0.5) is 0 Å². The van der Waals surface area contributed by atoms with Gasteiger partial charge in [0, 0.05) is 30.4 Å². The molecule has 3 rings (SSSR count). The van der Waals surface area contributed by atoms with Crippen LogP contribution in [0.5, 0.6) is 5.75 Å². The van der Waals surface area contributed by atoms with Gasteiger partial charge in [0.05, 0.1) is 38.1 Å². The average molecular weight is 528 g/mol. The van der Waals surface area contributed by atoms with Gasteiger partial charge in [-0.15, -0.1) is 0 Å². The molecule has 0 saturated heterocycles. The molecule has 0 aliphatic carbocycles. The maximum Gasteiger partial charge on any atom is 0.361 e. The van der Waals surface area contributed by atoms with Gasteiger partial charge in [-0.3, -0.25) is 14.0 Å². The lowest BCUT2D eigenvalue weighted by Gasteiger charge is -2.26. The molecule has 0 aliphatic rings. The maximum atomic E-state index is 13.1. The Bertz CT molecular complexity index is 1280. The summed E-state index contributed by atoms with van der Waals surface area (Å²) in [6.07, 6.45) is 3.68. The Labute approximate surface area is 206 Å². The van der Waals surface area contributed by atoms with E-state index >= 15 is 0 Å². The summed E-state index contributed by atoms with van der Waals surface area (Å²) < 4.78 is 13.5. The van der Waals surface area contributed by atoms with Gasteiger partial charge in [-0.1, -0.05) is 41.1 Å². The number of esters is 1. The number of aromatic nitrogens is 4. The van der Waals surface area contributed by atoms with E-state index in [4.69, 9.17) is 9.47 Å². The van der Waals surface area contributed by atoms with Gasteiger partial charge < -0.3 is 9.47 Å². The van der Waals surface area contributed by atoms with Crippen LogP contribution >= 0.6 is 15.9 Å². The third kappa shape index (κ3) is 4.89. The van der Waals surface area contributed by atoms with Crippen LogP contribution in [0.15, 0.2) is 41.5 Å². The van der Waals surface area contributed by atoms with Crippen molar-refractivity contribution in [1.29, 1.82) is 5.26 Å². The van der Waals surface area contributed by atoms with E-state index in [1.54, 1.807) is 32.3 Å². The van der Waals surface area contributed by atoms with E-state index in [0.717, 1.165) is 16.5 Å². The van der Waals surface area contributed by atoms with Crippen molar-refractivity contribution in [3.63, 3.8) is 0 Å². The van der Waals surface area contributed by atoms with Crippen LogP contribution in [0, 0.1) is 11.3 Å². The van der Waals surface area contributed by atoms with Crippen molar-refractivity contribution in [3.05, 3.63) is 75.2 Å². The van der Waals surface area contributed by atoms with Crippen molar-refractivity contribution >= 4 is 21.9 Å². The van der Waals surface area contributed by atoms with Gasteiger partial charge in [-0.05, 0) is 24.1 Å². The lowest BCUT2D eigenvalue weighted by atomic mass is 9.80. The average Bonchev–Trinajstić information content (AvgIpc) is 3.29. The number of methoxy groups -OCH3 is 1. The molecule has 0 N–H and O–H groups in total. The molecule has 2 unspecified atom stereocenters. The van der Waals surface area contributed by atoms with Gasteiger partial charge in [0.25, 0.3) is 5.56 Å². The zero-order valence-corrected chi connectivity index (χ0v) is 21.1. The minimum atomic E-state index is -0.732. The second-order valence-electron chi connectivity index (χ2n) is 7.63. The van der Waals surface area contributed by atoms with Crippen LogP contribution in [0.3, 0.4) is 0 Å². The lowest BCUT2D eigenvalue weighted by molar-refractivity contribution is 0.0514. The number of benzene rings is 1. The summed E-state index contributed by atoms with van der Waals surface area (Å²) in [6.45, 7) is 4.39. The van der Waals surface area contributed by atoms with Crippen LogP contribution in [0.25, 0.3) is 0 Å². The number of halogens is 1. The number of carbonyl (C=O) groups is 1. The van der Waals surface area contributed by atoms with Gasteiger partial charge >= 0.3 is 5.97 Å². The predicted molar refractivity (Wildman–Crippen MR) is 129 cm³/mol. The number of carbonyl (C=O) groups excluding carboxylic acids is 1. The third-order valence-electron chi connectivity index (χ3n) is 5.61. The number of nitrogens with zero attached hydrogens (tertiary/aromatic N) is 5. The number of ether oxygens (including phenoxy) is 2. The molecule has 0 radical (unpaired) electrons. The summed E-state index contributed by atoms with van der Waals surface area (Å²) in [5, 5.41) is 15.0. The van der Waals surface area contributed by atoms with E-state index in [1.807, 2.05) is 29.9 Å². The fourth-order valence-electron chi connectivity index (χ4n) is 4.03. The number of rotatable bonds is 9. The van der Waals surface area contributed by atoms with E-state index in [1.165, 1.54) is 11.7 Å². The summed E-state index contributed by atoms with van der Waals surface area (Å²) in [5.74, 6) is -1.31. The SMILES string of the molecule is CCOC(=O)c1nc(C(C)C(c2cnn(CCBr)c2)c2ccccc2C#N)n(C)c(=O)c1OC. The largest absolute Gasteiger partial charge is 0.489 e. The summed E-state index contributed by atoms with van der Waals surface area (Å²) >= 11 is 3.42. The highest BCUT2D eigenvalue weighted by Gasteiger charge is 2.32. The maximum absolute atomic E-state index is 13.1. The highest BCUT2D eigenvalue weighted by molar-refractivity contribution is 9.09. The summed E-state index contributed by atoms with van der Waals surface area (Å²) in [4.78, 5) is 30.2. The van der Waals surface area contributed by atoms with Crippen LogP contribution in [-0.2, 0) is 18.3 Å². The number of hydrogen-bond donors (Lipinski definition) is 0. The van der Waals surface area contributed by atoms with Gasteiger partial charge in [0.15, 0.2) is 5.69 Å². The normalized spacial score (nSPS) is 12.6. The third-order valence-corrected chi connectivity index (χ3v) is 5.96. The first-order valence-corrected chi connectivity index (χ1v) is 11.9. The van der Waals surface area contributed by atoms with Crippen LogP contribution in [0.2, 0.25) is 0 Å². The summed E-state index contributed by atoms with van der Waals surface area (Å²) in [5.41, 5.74) is 1.48. The van der Waals surface area contributed by atoms with Crippen molar-refractivity contribution in [2.24, 2.45) is 7.05 Å². The Morgan fingerprint density at radius 1 is 1.32 bits per heavy atom. The van der Waals surface area contributed by atoms with Crippen LogP contribution < -0.4 is 10.3 Å². The fraction of sp³-hybridized carbons (Fsp3) is 0.375. The Morgan fingerprint density at radius 2 is 2.06 bits per heavy atom. The molecule has 0 bridgehead atoms. The minimum absolute atomic E-state index is 0.134. The molecule has 2 aromatic heterocycles. The van der Waals surface area contributed by atoms with Crippen molar-refractivity contribution < 1.29 is 14.3 Å². The highest BCUT2D eigenvalue weighted by Crippen LogP contribution is 2.39. The number of aryl methyl sites for hydroxylation is 1. The van der Waals surface area contributed by atoms with Crippen molar-refractivity contribution in [2.45, 2.75) is 32.2 Å². The highest BCUT2D eigenvalue weighted by atomic mass is 79.9. The van der Waals surface area contributed by atoms with Gasteiger partial charge in [-0.25, -0.2) is 9.78 Å². The first kappa shape index (κ1) is 25.2. The number of alkyl halides is 1. The molecule has 0 aliphatic heterocycles. The molecule has 2 heterocycles. The van der Waals surface area contributed by atoms with E-state index < -0.39 is 17.4 Å². The summed E-state index contributed by atoms with van der Waals surface area (Å²) in [7, 11) is 2.90. The van der Waals surface area contributed by atoms with Gasteiger partial charge in [0.2, 0.25) is 5.75 Å². The molecule has 0 amide bonds. The zero-order chi connectivity index (χ0) is 24.8. The lowest BCUT2D eigenvalue weighted by Crippen LogP contribution is -2.30. The molecule has 1 aromatic carbocycles. The first-order chi connectivity index (χ1) is 16.4. The van der Waals surface area contributed by atoms with Crippen LogP contribution in [-0.4, -0.2) is 44.3 Å². The Balaban J connectivity index is 2.24. The van der Waals surface area contributed by atoms with E-state index in [9.17, 15) is 14.9 Å². The van der Waals surface area contributed by atoms with E-state index in [2.05, 4.69) is 32.1 Å². The van der Waals surface area contributed by atoms with Gasteiger partial charge in [-0.2, -0.15) is 10.4 Å². The Morgan fingerprint density at radius 3 is 2.71 bits per heavy atom. The van der Waals surface area contributed by atoms with E-state index in [-0.39, 0.29) is 24.0 Å². The minimum Gasteiger partial charge on any atom is -0.489 e. The molecule has 0 spiro atoms. The van der Waals surface area contributed by atoms with Crippen molar-refractivity contribution in [3.8, 4) is 11.8 Å². The van der Waals surface area contributed by atoms with E-state index in [0.29, 0.717) is 17.9 Å². The van der Waals surface area contributed by atoms with Crippen molar-refractivity contribution in [1.82, 2.24) is 19.3 Å². The molecule has 178 valence electrons.